The minimum Gasteiger partial charge on any atom is -0.391 e. The van der Waals surface area contributed by atoms with Crippen LogP contribution in [0.15, 0.2) is 0 Å². The van der Waals surface area contributed by atoms with Gasteiger partial charge in [-0.25, -0.2) is 0 Å². The Kier molecular flexibility index (Phi) is 2.29. The van der Waals surface area contributed by atoms with E-state index in [0.29, 0.717) is 19.5 Å². The molecule has 13 heavy (non-hydrogen) atoms. The fourth-order valence-electron chi connectivity index (χ4n) is 2.30. The molecule has 0 bridgehead atoms. The highest BCUT2D eigenvalue weighted by Gasteiger charge is 2.47. The molecule has 2 aliphatic rings. The van der Waals surface area contributed by atoms with Gasteiger partial charge >= 0.3 is 0 Å². The molecular weight excluding hydrogens is 174 g/mol. The third-order valence-electron chi connectivity index (χ3n) is 3.04. The average molecular weight is 189 g/mol. The van der Waals surface area contributed by atoms with Crippen molar-refractivity contribution in [1.29, 1.82) is 0 Å². The van der Waals surface area contributed by atoms with Crippen molar-refractivity contribution in [3.05, 3.63) is 0 Å². The summed E-state index contributed by atoms with van der Waals surface area (Å²) in [6.45, 7) is 1.01. The Morgan fingerprint density at radius 2 is 1.62 bits per heavy atom. The van der Waals surface area contributed by atoms with Crippen molar-refractivity contribution in [2.24, 2.45) is 0 Å². The van der Waals surface area contributed by atoms with Gasteiger partial charge in [-0.05, 0) is 6.42 Å². The summed E-state index contributed by atoms with van der Waals surface area (Å²) in [6.07, 6.45) is -3.06. The van der Waals surface area contributed by atoms with Gasteiger partial charge in [0.05, 0.1) is 18.2 Å². The predicted molar refractivity (Wildman–Crippen MR) is 44.0 cm³/mol. The largest absolute Gasteiger partial charge is 0.391 e. The van der Waals surface area contributed by atoms with Crippen LogP contribution in [0, 0.1) is 0 Å². The molecule has 5 heteroatoms. The van der Waals surface area contributed by atoms with Gasteiger partial charge in [-0.3, -0.25) is 4.90 Å². The minimum absolute atomic E-state index is 0.333. The van der Waals surface area contributed by atoms with Gasteiger partial charge in [0.2, 0.25) is 0 Å². The first kappa shape index (κ1) is 9.36. The highest BCUT2D eigenvalue weighted by Crippen LogP contribution is 2.27. The van der Waals surface area contributed by atoms with Crippen LogP contribution in [0.1, 0.15) is 6.42 Å². The molecule has 2 saturated heterocycles. The van der Waals surface area contributed by atoms with Crippen LogP contribution in [0.4, 0.5) is 0 Å². The topological polar surface area (TPSA) is 84.2 Å². The molecule has 0 saturated carbocycles. The highest BCUT2D eigenvalue weighted by molar-refractivity contribution is 5.01. The maximum absolute atomic E-state index is 9.58. The SMILES string of the molecule is O[C@H]1[C@H](O)[C@@H](O)CN2CC[C@@H](O)[C@@H]12. The number of nitrogens with zero attached hydrogens (tertiary/aromatic N) is 1. The van der Waals surface area contributed by atoms with E-state index < -0.39 is 30.5 Å². The molecule has 0 radical (unpaired) electrons. The molecule has 2 rings (SSSR count). The second-order valence-electron chi connectivity index (χ2n) is 3.89. The van der Waals surface area contributed by atoms with Crippen LogP contribution in [-0.4, -0.2) is 68.9 Å². The number of aliphatic hydroxyl groups excluding tert-OH is 4. The Morgan fingerprint density at radius 1 is 0.923 bits per heavy atom. The quantitative estimate of drug-likeness (QED) is 0.339. The number of hydrogen-bond donors (Lipinski definition) is 4. The molecule has 76 valence electrons. The van der Waals surface area contributed by atoms with Crippen LogP contribution in [-0.2, 0) is 0 Å². The van der Waals surface area contributed by atoms with Gasteiger partial charge in [-0.15, -0.1) is 0 Å². The number of piperidine rings is 1. The third-order valence-corrected chi connectivity index (χ3v) is 3.04. The Balaban J connectivity index is 2.15. The van der Waals surface area contributed by atoms with E-state index in [9.17, 15) is 20.4 Å². The van der Waals surface area contributed by atoms with Crippen molar-refractivity contribution >= 4 is 0 Å². The molecule has 5 atom stereocenters. The smallest absolute Gasteiger partial charge is 0.109 e. The van der Waals surface area contributed by atoms with Crippen molar-refractivity contribution in [2.75, 3.05) is 13.1 Å². The zero-order valence-corrected chi connectivity index (χ0v) is 7.24. The van der Waals surface area contributed by atoms with Crippen molar-refractivity contribution in [3.63, 3.8) is 0 Å². The van der Waals surface area contributed by atoms with E-state index >= 15 is 0 Å². The molecule has 0 spiro atoms. The van der Waals surface area contributed by atoms with E-state index in [4.69, 9.17) is 0 Å². The summed E-state index contributed by atoms with van der Waals surface area (Å²) in [4.78, 5) is 1.83. The van der Waals surface area contributed by atoms with Gasteiger partial charge in [0, 0.05) is 13.1 Å². The van der Waals surface area contributed by atoms with E-state index in [1.165, 1.54) is 0 Å². The van der Waals surface area contributed by atoms with E-state index in [1.807, 2.05) is 4.90 Å². The van der Waals surface area contributed by atoms with Crippen LogP contribution < -0.4 is 0 Å². The van der Waals surface area contributed by atoms with Crippen LogP contribution >= 0.6 is 0 Å². The Morgan fingerprint density at radius 3 is 2.31 bits per heavy atom. The molecule has 2 fully saturated rings. The second kappa shape index (κ2) is 3.18. The van der Waals surface area contributed by atoms with Gasteiger partial charge in [0.15, 0.2) is 0 Å². The molecule has 2 heterocycles. The molecule has 0 amide bonds. The highest BCUT2D eigenvalue weighted by atomic mass is 16.4. The molecule has 0 unspecified atom stereocenters. The Hall–Kier alpha value is -0.200. The molecule has 4 N–H and O–H groups in total. The van der Waals surface area contributed by atoms with Crippen LogP contribution in [0.5, 0.6) is 0 Å². The minimum atomic E-state index is -1.13. The Labute approximate surface area is 76.2 Å². The summed E-state index contributed by atoms with van der Waals surface area (Å²) in [5.74, 6) is 0. The number of aliphatic hydroxyl groups is 4. The summed E-state index contributed by atoms with van der Waals surface area (Å²) >= 11 is 0. The van der Waals surface area contributed by atoms with Gasteiger partial charge in [-0.1, -0.05) is 0 Å². The van der Waals surface area contributed by atoms with Gasteiger partial charge in [-0.2, -0.15) is 0 Å². The van der Waals surface area contributed by atoms with Crippen LogP contribution in [0.3, 0.4) is 0 Å². The van der Waals surface area contributed by atoms with Crippen molar-refractivity contribution in [2.45, 2.75) is 36.9 Å². The summed E-state index contributed by atoms with van der Waals surface area (Å²) in [7, 11) is 0. The van der Waals surface area contributed by atoms with Gasteiger partial charge < -0.3 is 20.4 Å². The normalized spacial score (nSPS) is 52.2. The number of rotatable bonds is 0. The summed E-state index contributed by atoms with van der Waals surface area (Å²) in [5, 5.41) is 37.8. The molecular formula is C8H15NO4. The summed E-state index contributed by atoms with van der Waals surface area (Å²) in [6, 6.07) is -0.404. The average Bonchev–Trinajstić information content (AvgIpc) is 2.43. The van der Waals surface area contributed by atoms with Crippen molar-refractivity contribution in [3.8, 4) is 0 Å². The van der Waals surface area contributed by atoms with Gasteiger partial charge in [0.25, 0.3) is 0 Å². The maximum Gasteiger partial charge on any atom is 0.109 e. The zero-order valence-electron chi connectivity index (χ0n) is 7.24. The van der Waals surface area contributed by atoms with Crippen molar-refractivity contribution < 1.29 is 20.4 Å². The fourth-order valence-corrected chi connectivity index (χ4v) is 2.30. The Bertz CT molecular complexity index is 201. The first-order valence-corrected chi connectivity index (χ1v) is 4.57. The monoisotopic (exact) mass is 189 g/mol. The van der Waals surface area contributed by atoms with Crippen LogP contribution in [0.2, 0.25) is 0 Å². The number of fused-ring (bicyclic) bond motifs is 1. The van der Waals surface area contributed by atoms with E-state index in [2.05, 4.69) is 0 Å². The first-order valence-electron chi connectivity index (χ1n) is 4.57. The lowest BCUT2D eigenvalue weighted by molar-refractivity contribution is -0.140. The first-order chi connectivity index (χ1) is 6.11. The van der Waals surface area contributed by atoms with E-state index in [0.717, 1.165) is 0 Å². The predicted octanol–water partition coefficient (Wildman–Crippen LogP) is -2.48. The standard InChI is InChI=1S/C8H15NO4/c10-4-1-2-9-3-5(11)7(12)8(13)6(4)9/h4-8,10-13H,1-3H2/t4-,5+,6+,7-,8-/m1/s1. The summed E-state index contributed by atoms with van der Waals surface area (Å²) < 4.78 is 0. The lowest BCUT2D eigenvalue weighted by Gasteiger charge is -2.40. The molecule has 2 aliphatic heterocycles. The third kappa shape index (κ3) is 1.37. The second-order valence-corrected chi connectivity index (χ2v) is 3.89. The maximum atomic E-state index is 9.58. The lowest BCUT2D eigenvalue weighted by Crippen LogP contribution is -2.61. The zero-order chi connectivity index (χ0) is 9.59. The molecule has 0 aromatic carbocycles. The van der Waals surface area contributed by atoms with E-state index in [-0.39, 0.29) is 0 Å². The summed E-state index contributed by atoms with van der Waals surface area (Å²) in [5.41, 5.74) is 0. The molecule has 0 aliphatic carbocycles. The van der Waals surface area contributed by atoms with E-state index in [1.54, 1.807) is 0 Å². The molecule has 0 aromatic rings. The number of hydrogen-bond acceptors (Lipinski definition) is 5. The van der Waals surface area contributed by atoms with Gasteiger partial charge in [0.1, 0.15) is 12.2 Å². The van der Waals surface area contributed by atoms with Crippen LogP contribution in [0.25, 0.3) is 0 Å². The van der Waals surface area contributed by atoms with Crippen molar-refractivity contribution in [1.82, 2.24) is 4.90 Å². The fraction of sp³-hybridized carbons (Fsp3) is 1.00. The molecule has 0 aromatic heterocycles. The lowest BCUT2D eigenvalue weighted by atomic mass is 9.93. The molecule has 5 nitrogen and oxygen atoms in total.